The molecule has 0 radical (unpaired) electrons. The molecule has 0 saturated carbocycles. The van der Waals surface area contributed by atoms with E-state index >= 15 is 0 Å². The maximum atomic E-state index is 12.0. The standard InChI is InChI=1S/C16H25ClN2O/c1-11(2)9-10-18-16(20)13(4)19-12(3)14-7-5-6-8-15(14)17/h5-8,11-13,19H,9-10H2,1-4H3,(H,18,20)/t12-,13?/m1/s1. The van der Waals surface area contributed by atoms with Gasteiger partial charge in [-0.1, -0.05) is 43.6 Å². The van der Waals surface area contributed by atoms with E-state index in [0.717, 1.165) is 23.6 Å². The number of halogens is 1. The van der Waals surface area contributed by atoms with Crippen LogP contribution in [0.1, 0.15) is 45.7 Å². The molecule has 3 nitrogen and oxygen atoms in total. The van der Waals surface area contributed by atoms with E-state index in [0.29, 0.717) is 5.92 Å². The molecule has 1 rings (SSSR count). The number of hydrogen-bond acceptors (Lipinski definition) is 2. The van der Waals surface area contributed by atoms with E-state index in [1.54, 1.807) is 0 Å². The van der Waals surface area contributed by atoms with E-state index in [-0.39, 0.29) is 18.0 Å². The Kier molecular flexibility index (Phi) is 7.03. The van der Waals surface area contributed by atoms with Crippen LogP contribution in [0.2, 0.25) is 5.02 Å². The molecule has 1 aromatic carbocycles. The Bertz CT molecular complexity index is 434. The Labute approximate surface area is 127 Å². The van der Waals surface area contributed by atoms with Gasteiger partial charge >= 0.3 is 0 Å². The monoisotopic (exact) mass is 296 g/mol. The third-order valence-corrected chi connectivity index (χ3v) is 3.63. The summed E-state index contributed by atoms with van der Waals surface area (Å²) in [4.78, 5) is 12.0. The van der Waals surface area contributed by atoms with Crippen molar-refractivity contribution >= 4 is 17.5 Å². The van der Waals surface area contributed by atoms with Crippen molar-refractivity contribution in [2.75, 3.05) is 6.54 Å². The summed E-state index contributed by atoms with van der Waals surface area (Å²) in [6, 6.07) is 7.49. The molecule has 0 aromatic heterocycles. The molecule has 1 aromatic rings. The number of rotatable bonds is 7. The quantitative estimate of drug-likeness (QED) is 0.808. The zero-order chi connectivity index (χ0) is 15.1. The van der Waals surface area contributed by atoms with Crippen LogP contribution < -0.4 is 10.6 Å². The molecule has 0 bridgehead atoms. The highest BCUT2D eigenvalue weighted by atomic mass is 35.5. The van der Waals surface area contributed by atoms with Gasteiger partial charge in [-0.05, 0) is 37.8 Å². The highest BCUT2D eigenvalue weighted by Gasteiger charge is 2.17. The highest BCUT2D eigenvalue weighted by molar-refractivity contribution is 6.31. The van der Waals surface area contributed by atoms with Crippen molar-refractivity contribution in [3.63, 3.8) is 0 Å². The van der Waals surface area contributed by atoms with Gasteiger partial charge in [-0.2, -0.15) is 0 Å². The van der Waals surface area contributed by atoms with E-state index in [4.69, 9.17) is 11.6 Å². The predicted octanol–water partition coefficient (Wildman–Crippen LogP) is 3.54. The molecule has 2 N–H and O–H groups in total. The zero-order valence-corrected chi connectivity index (χ0v) is 13.5. The molecule has 0 aliphatic carbocycles. The van der Waals surface area contributed by atoms with Crippen molar-refractivity contribution in [1.29, 1.82) is 0 Å². The third kappa shape index (κ3) is 5.51. The first-order valence-electron chi connectivity index (χ1n) is 7.20. The summed E-state index contributed by atoms with van der Waals surface area (Å²) in [5, 5.41) is 6.95. The lowest BCUT2D eigenvalue weighted by Gasteiger charge is -2.21. The molecular formula is C16H25ClN2O. The van der Waals surface area contributed by atoms with Crippen LogP contribution in [0.15, 0.2) is 24.3 Å². The third-order valence-electron chi connectivity index (χ3n) is 3.29. The van der Waals surface area contributed by atoms with E-state index in [9.17, 15) is 4.79 Å². The van der Waals surface area contributed by atoms with Gasteiger partial charge in [0.05, 0.1) is 6.04 Å². The molecule has 1 amide bonds. The van der Waals surface area contributed by atoms with Gasteiger partial charge in [-0.25, -0.2) is 0 Å². The summed E-state index contributed by atoms with van der Waals surface area (Å²) in [6.07, 6.45) is 0.999. The largest absolute Gasteiger partial charge is 0.355 e. The minimum absolute atomic E-state index is 0.0320. The Hall–Kier alpha value is -1.06. The highest BCUT2D eigenvalue weighted by Crippen LogP contribution is 2.22. The van der Waals surface area contributed by atoms with Crippen molar-refractivity contribution in [3.05, 3.63) is 34.9 Å². The maximum absolute atomic E-state index is 12.0. The van der Waals surface area contributed by atoms with Gasteiger partial charge in [0.15, 0.2) is 0 Å². The second kappa shape index (κ2) is 8.28. The van der Waals surface area contributed by atoms with E-state index in [1.807, 2.05) is 38.1 Å². The average molecular weight is 297 g/mol. The molecule has 0 heterocycles. The van der Waals surface area contributed by atoms with Crippen LogP contribution in [0.3, 0.4) is 0 Å². The van der Waals surface area contributed by atoms with Gasteiger partial charge in [0.25, 0.3) is 0 Å². The Morgan fingerprint density at radius 1 is 1.20 bits per heavy atom. The smallest absolute Gasteiger partial charge is 0.236 e. The van der Waals surface area contributed by atoms with Gasteiger partial charge in [0.1, 0.15) is 0 Å². The fraction of sp³-hybridized carbons (Fsp3) is 0.562. The zero-order valence-electron chi connectivity index (χ0n) is 12.7. The van der Waals surface area contributed by atoms with Gasteiger partial charge in [-0.3, -0.25) is 10.1 Å². The summed E-state index contributed by atoms with van der Waals surface area (Å²) < 4.78 is 0. The lowest BCUT2D eigenvalue weighted by Crippen LogP contribution is -2.43. The molecule has 0 spiro atoms. The molecule has 1 unspecified atom stereocenters. The first-order valence-corrected chi connectivity index (χ1v) is 7.57. The molecule has 20 heavy (non-hydrogen) atoms. The minimum Gasteiger partial charge on any atom is -0.355 e. The van der Waals surface area contributed by atoms with Gasteiger partial charge in [-0.15, -0.1) is 0 Å². The fourth-order valence-electron chi connectivity index (χ4n) is 2.00. The van der Waals surface area contributed by atoms with Crippen LogP contribution in [-0.4, -0.2) is 18.5 Å². The number of hydrogen-bond donors (Lipinski definition) is 2. The lowest BCUT2D eigenvalue weighted by molar-refractivity contribution is -0.122. The van der Waals surface area contributed by atoms with E-state index in [1.165, 1.54) is 0 Å². The Morgan fingerprint density at radius 3 is 2.45 bits per heavy atom. The van der Waals surface area contributed by atoms with Crippen LogP contribution in [0.4, 0.5) is 0 Å². The maximum Gasteiger partial charge on any atom is 0.236 e. The molecule has 0 fully saturated rings. The molecule has 2 atom stereocenters. The average Bonchev–Trinajstić information content (AvgIpc) is 2.38. The number of carbonyl (C=O) groups is 1. The van der Waals surface area contributed by atoms with Gasteiger partial charge in [0.2, 0.25) is 5.91 Å². The van der Waals surface area contributed by atoms with Crippen LogP contribution in [0.5, 0.6) is 0 Å². The van der Waals surface area contributed by atoms with Crippen LogP contribution in [0, 0.1) is 5.92 Å². The van der Waals surface area contributed by atoms with E-state index in [2.05, 4.69) is 24.5 Å². The van der Waals surface area contributed by atoms with Crippen LogP contribution in [-0.2, 0) is 4.79 Å². The van der Waals surface area contributed by atoms with Crippen molar-refractivity contribution in [2.45, 2.75) is 46.2 Å². The topological polar surface area (TPSA) is 41.1 Å². The summed E-state index contributed by atoms with van der Waals surface area (Å²) in [6.45, 7) is 8.90. The number of nitrogens with one attached hydrogen (secondary N) is 2. The van der Waals surface area contributed by atoms with Crippen molar-refractivity contribution in [3.8, 4) is 0 Å². The molecule has 112 valence electrons. The summed E-state index contributed by atoms with van der Waals surface area (Å²) in [7, 11) is 0. The molecule has 4 heteroatoms. The summed E-state index contributed by atoms with van der Waals surface area (Å²) in [5.41, 5.74) is 1.01. The summed E-state index contributed by atoms with van der Waals surface area (Å²) >= 11 is 6.16. The number of amides is 1. The first kappa shape index (κ1) is 17.0. The number of benzene rings is 1. The van der Waals surface area contributed by atoms with Crippen LogP contribution in [0.25, 0.3) is 0 Å². The first-order chi connectivity index (χ1) is 9.41. The molecule has 0 aliphatic rings. The number of carbonyl (C=O) groups excluding carboxylic acids is 1. The second-order valence-corrected chi connectivity index (χ2v) is 6.01. The SMILES string of the molecule is CC(C)CCNC(=O)C(C)N[C@H](C)c1ccccc1Cl. The molecular weight excluding hydrogens is 272 g/mol. The van der Waals surface area contributed by atoms with Crippen LogP contribution >= 0.6 is 11.6 Å². The van der Waals surface area contributed by atoms with Gasteiger partial charge in [0, 0.05) is 17.6 Å². The Balaban J connectivity index is 2.47. The van der Waals surface area contributed by atoms with Gasteiger partial charge < -0.3 is 5.32 Å². The lowest BCUT2D eigenvalue weighted by atomic mass is 10.1. The van der Waals surface area contributed by atoms with E-state index < -0.39 is 0 Å². The minimum atomic E-state index is -0.242. The molecule has 0 aliphatic heterocycles. The Morgan fingerprint density at radius 2 is 1.85 bits per heavy atom. The second-order valence-electron chi connectivity index (χ2n) is 5.61. The molecule has 0 saturated heterocycles. The van der Waals surface area contributed by atoms with Crippen molar-refractivity contribution in [1.82, 2.24) is 10.6 Å². The normalized spacial score (nSPS) is 14.1. The summed E-state index contributed by atoms with van der Waals surface area (Å²) in [5.74, 6) is 0.630. The van der Waals surface area contributed by atoms with Crippen molar-refractivity contribution in [2.24, 2.45) is 5.92 Å². The fourth-order valence-corrected chi connectivity index (χ4v) is 2.30. The predicted molar refractivity (Wildman–Crippen MR) is 84.9 cm³/mol. The van der Waals surface area contributed by atoms with Crippen molar-refractivity contribution < 1.29 is 4.79 Å².